The number of carbonyl (C=O) groups is 6. The molecule has 0 unspecified atom stereocenters. The molecule has 0 radical (unpaired) electrons. The largest absolute Gasteiger partial charge is 0.493 e. The molecule has 24 heteroatoms. The summed E-state index contributed by atoms with van der Waals surface area (Å²) in [6.07, 6.45) is -2.54. The van der Waals surface area contributed by atoms with Crippen LogP contribution in [0.4, 0.5) is 29.3 Å². The fraction of sp³-hybridized carbons (Fsp3) is 0.137. The van der Waals surface area contributed by atoms with Crippen molar-refractivity contribution in [3.05, 3.63) is 163 Å². The lowest BCUT2D eigenvalue weighted by Crippen LogP contribution is -2.27. The van der Waals surface area contributed by atoms with E-state index in [0.29, 0.717) is 54.9 Å². The van der Waals surface area contributed by atoms with Gasteiger partial charge in [-0.25, -0.2) is 38.8 Å². The first-order valence-corrected chi connectivity index (χ1v) is 23.0. The number of halogens is 4. The number of carboxylic acid groups (broad SMARTS) is 1. The number of benzene rings is 4. The molecule has 6 aromatic rings. The van der Waals surface area contributed by atoms with Gasteiger partial charge in [0.15, 0.2) is 34.4 Å². The summed E-state index contributed by atoms with van der Waals surface area (Å²) < 4.78 is 69.1. The minimum Gasteiger partial charge on any atom is -0.493 e. The molecular formula is C51H42F3IN4O14S2. The highest BCUT2D eigenvalue weighted by Gasteiger charge is 2.38. The van der Waals surface area contributed by atoms with Crippen LogP contribution in [-0.4, -0.2) is 78.8 Å². The van der Waals surface area contributed by atoms with Crippen LogP contribution in [0.15, 0.2) is 141 Å². The summed E-state index contributed by atoms with van der Waals surface area (Å²) in [4.78, 5) is 79.4. The van der Waals surface area contributed by atoms with Crippen molar-refractivity contribution >= 4 is 118 Å². The molecule has 75 heavy (non-hydrogen) atoms. The van der Waals surface area contributed by atoms with Gasteiger partial charge in [-0.1, -0.05) is 24.3 Å². The van der Waals surface area contributed by atoms with Crippen molar-refractivity contribution in [2.24, 2.45) is 9.98 Å². The number of hydrogen-bond acceptors (Lipinski definition) is 18. The Bertz CT molecular complexity index is 3190. The lowest BCUT2D eigenvalue weighted by molar-refractivity contribution is -0.192. The van der Waals surface area contributed by atoms with Gasteiger partial charge in [-0.05, 0) is 140 Å². The Kier molecular flexibility index (Phi) is 19.6. The Hall–Kier alpha value is -8.36. The van der Waals surface area contributed by atoms with Crippen molar-refractivity contribution in [1.82, 2.24) is 0 Å². The molecule has 2 aromatic heterocycles. The van der Waals surface area contributed by atoms with Crippen molar-refractivity contribution in [3.63, 3.8) is 0 Å². The average molecular weight is 1180 g/mol. The number of rotatable bonds is 11. The molecule has 1 amide bonds. The van der Waals surface area contributed by atoms with Gasteiger partial charge in [0, 0.05) is 22.5 Å². The Labute approximate surface area is 449 Å². The first-order valence-electron chi connectivity index (χ1n) is 21.3. The monoisotopic (exact) mass is 1180 g/mol. The van der Waals surface area contributed by atoms with E-state index >= 15 is 0 Å². The molecule has 4 aromatic carbocycles. The van der Waals surface area contributed by atoms with E-state index in [9.17, 15) is 37.1 Å². The van der Waals surface area contributed by atoms with Crippen LogP contribution < -0.4 is 30.0 Å². The standard InChI is InChI=1S/C27H24N2O7S.C22H16N2O5S.C2HF3O2.HI/c1-27(2,3)36-26(32)28-18-10-8-17(9-11-18)23-29-19(24(30)35-23)14-16-7-12-20(21(15-16)33-4)34-25(31)22-6-5-13-37-22;1-27-18-12-13(4-9-17(18)28-22(26)19-3-2-10-30-19)11-16-21(25)29-20(24-16)14-5-7-15(23)8-6-14;3-2(4,5)1(6)7;/h5-15H,1-4H3,(H,28,32);2-12H,23H2,1H3;(H,6,7);1H/b19-14+;16-11+;;. The number of alkyl halides is 3. The number of amides is 1. The minimum atomic E-state index is -5.08. The summed E-state index contributed by atoms with van der Waals surface area (Å²) in [7, 11) is 2.92. The second-order valence-corrected chi connectivity index (χ2v) is 17.8. The highest BCUT2D eigenvalue weighted by molar-refractivity contribution is 14.0. The van der Waals surface area contributed by atoms with Crippen LogP contribution in [0.1, 0.15) is 62.4 Å². The second-order valence-electron chi connectivity index (χ2n) is 15.9. The summed E-state index contributed by atoms with van der Waals surface area (Å²) in [5.74, 6) is -3.34. The second kappa shape index (κ2) is 25.5. The number of carboxylic acids is 1. The predicted octanol–water partition coefficient (Wildman–Crippen LogP) is 10.8. The number of nitrogens with one attached hydrogen (secondary N) is 1. The zero-order chi connectivity index (χ0) is 53.7. The quantitative estimate of drug-likeness (QED) is 0.0272. The third-order valence-corrected chi connectivity index (χ3v) is 11.0. The third-order valence-electron chi connectivity index (χ3n) is 9.25. The van der Waals surface area contributed by atoms with Crippen molar-refractivity contribution in [3.8, 4) is 23.0 Å². The number of aliphatic imine (C=N–C) groups is 2. The summed E-state index contributed by atoms with van der Waals surface area (Å²) >= 11 is 2.57. The van der Waals surface area contributed by atoms with Crippen LogP contribution in [0.25, 0.3) is 12.2 Å². The number of methoxy groups -OCH3 is 2. The number of nitrogens with two attached hydrogens (primary N) is 1. The predicted molar refractivity (Wildman–Crippen MR) is 282 cm³/mol. The molecule has 0 bridgehead atoms. The van der Waals surface area contributed by atoms with Crippen molar-refractivity contribution in [2.75, 3.05) is 25.3 Å². The molecule has 390 valence electrons. The number of hydrogen-bond donors (Lipinski definition) is 3. The van der Waals surface area contributed by atoms with E-state index in [4.69, 9.17) is 48.8 Å². The van der Waals surface area contributed by atoms with Crippen molar-refractivity contribution in [2.45, 2.75) is 32.5 Å². The van der Waals surface area contributed by atoms with Gasteiger partial charge in [0.25, 0.3) is 0 Å². The van der Waals surface area contributed by atoms with Gasteiger partial charge in [-0.2, -0.15) is 13.2 Å². The molecule has 0 spiro atoms. The highest BCUT2D eigenvalue weighted by Crippen LogP contribution is 2.33. The van der Waals surface area contributed by atoms with E-state index in [2.05, 4.69) is 15.3 Å². The van der Waals surface area contributed by atoms with E-state index in [1.165, 1.54) is 36.9 Å². The maximum atomic E-state index is 12.4. The number of nitrogens with zero attached hydrogens (tertiary/aromatic N) is 2. The lowest BCUT2D eigenvalue weighted by atomic mass is 10.1. The van der Waals surface area contributed by atoms with Crippen LogP contribution in [0.5, 0.6) is 23.0 Å². The Morgan fingerprint density at radius 2 is 1.07 bits per heavy atom. The number of thiophene rings is 2. The topological polar surface area (TPSA) is 250 Å². The molecule has 18 nitrogen and oxygen atoms in total. The Morgan fingerprint density at radius 1 is 0.653 bits per heavy atom. The summed E-state index contributed by atoms with van der Waals surface area (Å²) in [5, 5.41) is 13.3. The third kappa shape index (κ3) is 16.6. The van der Waals surface area contributed by atoms with Gasteiger partial charge in [-0.15, -0.1) is 46.7 Å². The van der Waals surface area contributed by atoms with E-state index in [1.807, 2.05) is 0 Å². The normalized spacial score (nSPS) is 13.8. The van der Waals surface area contributed by atoms with Crippen LogP contribution in [0.2, 0.25) is 0 Å². The molecule has 4 heterocycles. The smallest absolute Gasteiger partial charge is 0.490 e. The first kappa shape index (κ1) is 57.5. The van der Waals surface area contributed by atoms with Crippen molar-refractivity contribution < 1.29 is 80.2 Å². The Balaban J connectivity index is 0.000000247. The van der Waals surface area contributed by atoms with Gasteiger partial charge in [0.1, 0.15) is 15.4 Å². The summed E-state index contributed by atoms with van der Waals surface area (Å²) in [6.45, 7) is 5.33. The fourth-order valence-electron chi connectivity index (χ4n) is 5.93. The number of anilines is 2. The Morgan fingerprint density at radius 3 is 1.43 bits per heavy atom. The van der Waals surface area contributed by atoms with E-state index in [0.717, 1.165) is 0 Å². The SMILES string of the molecule is COc1cc(/C=C2/N=C(c3ccc(N)cc3)OC2=O)ccc1OC(=O)c1cccs1.COc1cc(/C=C2/N=C(c3ccc(NC(=O)OC(C)(C)C)cc3)OC2=O)ccc1OC(=O)c1cccs1.I.O=C(O)C(F)(F)F. The molecule has 8 rings (SSSR count). The zero-order valence-electron chi connectivity index (χ0n) is 39.8. The molecule has 2 aliphatic heterocycles. The minimum absolute atomic E-state index is 0. The van der Waals surface area contributed by atoms with Crippen LogP contribution in [0, 0.1) is 0 Å². The highest BCUT2D eigenvalue weighted by atomic mass is 127. The van der Waals surface area contributed by atoms with Gasteiger partial charge >= 0.3 is 42.1 Å². The fourth-order valence-corrected chi connectivity index (χ4v) is 7.13. The van der Waals surface area contributed by atoms with E-state index in [-0.39, 0.29) is 58.7 Å². The number of aliphatic carboxylic acids is 1. The molecule has 4 N–H and O–H groups in total. The van der Waals surface area contributed by atoms with Gasteiger partial charge in [-0.3, -0.25) is 5.32 Å². The molecule has 0 saturated heterocycles. The van der Waals surface area contributed by atoms with Crippen LogP contribution in [0.3, 0.4) is 0 Å². The van der Waals surface area contributed by atoms with E-state index < -0.39 is 47.7 Å². The number of esters is 4. The van der Waals surface area contributed by atoms with Crippen LogP contribution >= 0.6 is 46.7 Å². The maximum Gasteiger partial charge on any atom is 0.490 e. The number of nitrogen functional groups attached to an aromatic ring is 1. The maximum absolute atomic E-state index is 12.4. The molecule has 2 aliphatic rings. The molecular weight excluding hydrogens is 1140 g/mol. The van der Waals surface area contributed by atoms with Gasteiger partial charge in [0.05, 0.1) is 14.2 Å². The number of ether oxygens (including phenoxy) is 7. The lowest BCUT2D eigenvalue weighted by Gasteiger charge is -2.19. The van der Waals surface area contributed by atoms with Gasteiger partial charge in [0.2, 0.25) is 11.8 Å². The number of cyclic esters (lactones) is 2. The zero-order valence-corrected chi connectivity index (χ0v) is 43.7. The molecule has 0 fully saturated rings. The molecule has 0 aliphatic carbocycles. The first-order chi connectivity index (χ1) is 35.1. The average Bonchev–Trinajstić information content (AvgIpc) is 4.20. The van der Waals surface area contributed by atoms with E-state index in [1.54, 1.807) is 153 Å². The summed E-state index contributed by atoms with van der Waals surface area (Å²) in [6, 6.07) is 30.2. The van der Waals surface area contributed by atoms with Gasteiger partial charge < -0.3 is 44.0 Å². The van der Waals surface area contributed by atoms with Crippen LogP contribution in [-0.2, 0) is 28.6 Å². The molecule has 0 saturated carbocycles. The summed E-state index contributed by atoms with van der Waals surface area (Å²) in [5.41, 5.74) is 8.86. The number of carbonyl (C=O) groups excluding carboxylic acids is 5. The van der Waals surface area contributed by atoms with Crippen molar-refractivity contribution in [1.29, 1.82) is 0 Å². The molecule has 0 atom stereocenters.